The molecule has 0 spiro atoms. The number of hydrogen-bond acceptors (Lipinski definition) is 0. The smallest absolute Gasteiger partial charge is 0.0623 e. The van der Waals surface area contributed by atoms with Crippen LogP contribution in [0.2, 0.25) is 13.1 Å². The summed E-state index contributed by atoms with van der Waals surface area (Å²) in [5, 5.41) is 13.5. The molecule has 0 saturated heterocycles. The van der Waals surface area contributed by atoms with Gasteiger partial charge in [0.15, 0.2) is 0 Å². The molecule has 0 bridgehead atoms. The third-order valence-corrected chi connectivity index (χ3v) is 13.4. The van der Waals surface area contributed by atoms with Crippen molar-refractivity contribution in [2.24, 2.45) is 0 Å². The third kappa shape index (κ3) is 3.55. The summed E-state index contributed by atoms with van der Waals surface area (Å²) >= 11 is 0. The molecule has 0 amide bonds. The first kappa shape index (κ1) is 24.6. The molecule has 0 aliphatic carbocycles. The van der Waals surface area contributed by atoms with Gasteiger partial charge in [-0.3, -0.25) is 0 Å². The molecule has 0 radical (unpaired) electrons. The van der Waals surface area contributed by atoms with Crippen LogP contribution in [-0.2, 0) is 0 Å². The summed E-state index contributed by atoms with van der Waals surface area (Å²) < 4.78 is 0. The zero-order chi connectivity index (χ0) is 28.7. The van der Waals surface area contributed by atoms with E-state index in [0.717, 1.165) is 0 Å². The zero-order valence-electron chi connectivity index (χ0n) is 24.4. The van der Waals surface area contributed by atoms with Gasteiger partial charge in [-0.25, -0.2) is 0 Å². The van der Waals surface area contributed by atoms with Crippen LogP contribution in [-0.4, -0.2) is 8.07 Å². The van der Waals surface area contributed by atoms with E-state index in [2.05, 4.69) is 159 Å². The second-order valence-corrected chi connectivity index (χ2v) is 16.9. The lowest BCUT2D eigenvalue weighted by Gasteiger charge is -2.19. The second kappa shape index (κ2) is 9.01. The SMILES string of the molecule is C[Si]1(C)c2ccccc2-c2cc(-c3cc4cc(-c5ccc6ccccc6c5)c5ccccc5c4c4ccccc34)ccc21. The van der Waals surface area contributed by atoms with Gasteiger partial charge in [-0.1, -0.05) is 134 Å². The summed E-state index contributed by atoms with van der Waals surface area (Å²) in [5.74, 6) is 0. The summed E-state index contributed by atoms with van der Waals surface area (Å²) in [6.45, 7) is 4.98. The molecule has 43 heavy (non-hydrogen) atoms. The standard InChI is InChI=1S/C42H30Si/c1-43(2)40-18-10-9-15-34(40)39-24-30(21-22-41(39)43)38-26-31-25-37(29-20-19-27-11-3-4-12-28(27)23-29)32-13-5-7-16-35(32)42(31)36-17-8-6-14-33(36)38/h3-26H,1-2H3. The second-order valence-electron chi connectivity index (χ2n) is 12.5. The van der Waals surface area contributed by atoms with Gasteiger partial charge in [0.2, 0.25) is 0 Å². The average Bonchev–Trinajstić information content (AvgIpc) is 3.29. The molecule has 0 aromatic heterocycles. The highest BCUT2D eigenvalue weighted by Crippen LogP contribution is 2.43. The lowest BCUT2D eigenvalue weighted by Crippen LogP contribution is -2.49. The molecule has 0 fully saturated rings. The van der Waals surface area contributed by atoms with E-state index < -0.39 is 8.07 Å². The maximum Gasteiger partial charge on any atom is 0.113 e. The first-order valence-electron chi connectivity index (χ1n) is 15.2. The molecule has 0 atom stereocenters. The summed E-state index contributed by atoms with van der Waals surface area (Å²) in [5.41, 5.74) is 7.97. The fraction of sp³-hybridized carbons (Fsp3) is 0.0476. The van der Waals surface area contributed by atoms with Gasteiger partial charge in [0.05, 0.1) is 0 Å². The van der Waals surface area contributed by atoms with Crippen molar-refractivity contribution in [1.82, 2.24) is 0 Å². The third-order valence-electron chi connectivity index (χ3n) is 9.82. The average molecular weight is 563 g/mol. The van der Waals surface area contributed by atoms with E-state index in [9.17, 15) is 0 Å². The molecular weight excluding hydrogens is 533 g/mol. The lowest BCUT2D eigenvalue weighted by atomic mass is 9.87. The lowest BCUT2D eigenvalue weighted by molar-refractivity contribution is 1.67. The number of benzene rings is 8. The van der Waals surface area contributed by atoms with Gasteiger partial charge in [-0.15, -0.1) is 0 Å². The van der Waals surface area contributed by atoms with E-state index in [1.54, 1.807) is 10.4 Å². The predicted molar refractivity (Wildman–Crippen MR) is 190 cm³/mol. The summed E-state index contributed by atoms with van der Waals surface area (Å²) in [6.07, 6.45) is 0. The minimum atomic E-state index is -1.70. The van der Waals surface area contributed by atoms with Crippen molar-refractivity contribution in [3.8, 4) is 33.4 Å². The molecule has 8 aromatic rings. The van der Waals surface area contributed by atoms with Gasteiger partial charge in [0.1, 0.15) is 8.07 Å². The van der Waals surface area contributed by atoms with Crippen LogP contribution < -0.4 is 10.4 Å². The van der Waals surface area contributed by atoms with Crippen LogP contribution in [0.5, 0.6) is 0 Å². The molecule has 0 saturated carbocycles. The Hall–Kier alpha value is -4.98. The maximum absolute atomic E-state index is 2.49. The summed E-state index contributed by atoms with van der Waals surface area (Å²) in [7, 11) is -1.70. The van der Waals surface area contributed by atoms with Crippen LogP contribution in [0.1, 0.15) is 0 Å². The van der Waals surface area contributed by atoms with Crippen molar-refractivity contribution in [2.75, 3.05) is 0 Å². The molecule has 1 heterocycles. The highest BCUT2D eigenvalue weighted by Gasteiger charge is 2.37. The molecule has 9 rings (SSSR count). The summed E-state index contributed by atoms with van der Waals surface area (Å²) in [6, 6.07) is 54.6. The monoisotopic (exact) mass is 562 g/mol. The minimum Gasteiger partial charge on any atom is -0.0623 e. The Labute approximate surface area is 252 Å². The molecule has 8 aromatic carbocycles. The van der Waals surface area contributed by atoms with Crippen molar-refractivity contribution >= 4 is 61.5 Å². The Morgan fingerprint density at radius 2 is 0.884 bits per heavy atom. The Morgan fingerprint density at radius 1 is 0.349 bits per heavy atom. The van der Waals surface area contributed by atoms with E-state index in [1.165, 1.54) is 76.5 Å². The van der Waals surface area contributed by atoms with E-state index in [0.29, 0.717) is 0 Å². The van der Waals surface area contributed by atoms with Crippen molar-refractivity contribution in [3.05, 3.63) is 146 Å². The van der Waals surface area contributed by atoms with Gasteiger partial charge >= 0.3 is 0 Å². The van der Waals surface area contributed by atoms with Crippen molar-refractivity contribution in [1.29, 1.82) is 0 Å². The molecule has 0 nitrogen and oxygen atoms in total. The van der Waals surface area contributed by atoms with Crippen LogP contribution in [0, 0.1) is 0 Å². The largest absolute Gasteiger partial charge is 0.113 e. The highest BCUT2D eigenvalue weighted by atomic mass is 28.3. The van der Waals surface area contributed by atoms with Gasteiger partial charge in [-0.2, -0.15) is 0 Å². The topological polar surface area (TPSA) is 0 Å². The molecule has 0 unspecified atom stereocenters. The molecule has 1 heteroatoms. The summed E-state index contributed by atoms with van der Waals surface area (Å²) in [4.78, 5) is 0. The molecule has 1 aliphatic rings. The van der Waals surface area contributed by atoms with Crippen LogP contribution in [0.25, 0.3) is 76.5 Å². The number of hydrogen-bond donors (Lipinski definition) is 0. The fourth-order valence-corrected chi connectivity index (χ4v) is 10.8. The maximum atomic E-state index is 2.49. The molecular formula is C42H30Si. The van der Waals surface area contributed by atoms with Crippen molar-refractivity contribution < 1.29 is 0 Å². The Kier molecular flexibility index (Phi) is 5.15. The first-order chi connectivity index (χ1) is 21.1. The molecule has 0 N–H and O–H groups in total. The van der Waals surface area contributed by atoms with Gasteiger partial charge < -0.3 is 0 Å². The Balaban J connectivity index is 1.35. The van der Waals surface area contributed by atoms with Crippen LogP contribution in [0.4, 0.5) is 0 Å². The van der Waals surface area contributed by atoms with E-state index in [4.69, 9.17) is 0 Å². The highest BCUT2D eigenvalue weighted by molar-refractivity contribution is 7.03. The first-order valence-corrected chi connectivity index (χ1v) is 18.2. The number of fused-ring (bicyclic) bond motifs is 9. The Morgan fingerprint density at radius 3 is 1.60 bits per heavy atom. The normalized spacial score (nSPS) is 13.5. The molecule has 202 valence electrons. The van der Waals surface area contributed by atoms with Gasteiger partial charge in [0.25, 0.3) is 0 Å². The predicted octanol–water partition coefficient (Wildman–Crippen LogP) is 10.4. The van der Waals surface area contributed by atoms with Crippen molar-refractivity contribution in [3.63, 3.8) is 0 Å². The Bertz CT molecular complexity index is 2430. The van der Waals surface area contributed by atoms with E-state index in [1.807, 2.05) is 0 Å². The van der Waals surface area contributed by atoms with Crippen LogP contribution in [0.3, 0.4) is 0 Å². The van der Waals surface area contributed by atoms with Crippen molar-refractivity contribution in [2.45, 2.75) is 13.1 Å². The fourth-order valence-electron chi connectivity index (χ4n) is 7.70. The van der Waals surface area contributed by atoms with Crippen LogP contribution in [0.15, 0.2) is 146 Å². The molecule has 1 aliphatic heterocycles. The van der Waals surface area contributed by atoms with Gasteiger partial charge in [0, 0.05) is 0 Å². The van der Waals surface area contributed by atoms with Crippen LogP contribution >= 0.6 is 0 Å². The number of rotatable bonds is 2. The minimum absolute atomic E-state index is 1.26. The van der Waals surface area contributed by atoms with E-state index >= 15 is 0 Å². The zero-order valence-corrected chi connectivity index (χ0v) is 25.4. The van der Waals surface area contributed by atoms with E-state index in [-0.39, 0.29) is 0 Å². The quantitative estimate of drug-likeness (QED) is 0.145. The van der Waals surface area contributed by atoms with Gasteiger partial charge in [-0.05, 0) is 111 Å².